The number of aliphatic hydroxyl groups is 1. The van der Waals surface area contributed by atoms with Gasteiger partial charge in [-0.2, -0.15) is 0 Å². The average molecular weight is 361 g/mol. The van der Waals surface area contributed by atoms with E-state index in [1.807, 2.05) is 37.3 Å². The Balaban J connectivity index is 1.73. The molecule has 2 rings (SSSR count). The van der Waals surface area contributed by atoms with Crippen LogP contribution in [0.15, 0.2) is 35.3 Å². The van der Waals surface area contributed by atoms with E-state index in [9.17, 15) is 9.90 Å². The van der Waals surface area contributed by atoms with Crippen molar-refractivity contribution in [3.8, 4) is 0 Å². The quantitative estimate of drug-likeness (QED) is 0.422. The highest BCUT2D eigenvalue weighted by molar-refractivity contribution is 5.85. The van der Waals surface area contributed by atoms with E-state index in [0.717, 1.165) is 24.9 Å². The third-order valence-electron chi connectivity index (χ3n) is 4.59. The smallest absolute Gasteiger partial charge is 0.242 e. The van der Waals surface area contributed by atoms with Crippen LogP contribution in [0.1, 0.15) is 57.1 Å². The summed E-state index contributed by atoms with van der Waals surface area (Å²) >= 11 is 0. The molecule has 4 N–H and O–H groups in total. The second-order valence-corrected chi connectivity index (χ2v) is 6.74. The highest BCUT2D eigenvalue weighted by Crippen LogP contribution is 2.17. The van der Waals surface area contributed by atoms with Crippen LogP contribution < -0.4 is 16.0 Å². The number of carbonyl (C=O) groups is 1. The highest BCUT2D eigenvalue weighted by Gasteiger charge is 2.15. The molecule has 1 aromatic carbocycles. The number of nitrogens with zero attached hydrogens (tertiary/aromatic N) is 1. The number of hydrogen-bond donors (Lipinski definition) is 4. The van der Waals surface area contributed by atoms with Gasteiger partial charge in [-0.3, -0.25) is 4.79 Å². The van der Waals surface area contributed by atoms with E-state index in [2.05, 4.69) is 20.9 Å². The first-order valence-corrected chi connectivity index (χ1v) is 9.73. The molecule has 1 unspecified atom stereocenters. The van der Waals surface area contributed by atoms with Crippen LogP contribution in [0.25, 0.3) is 0 Å². The van der Waals surface area contributed by atoms with Gasteiger partial charge >= 0.3 is 0 Å². The van der Waals surface area contributed by atoms with E-state index in [0.29, 0.717) is 25.0 Å². The molecule has 0 aliphatic heterocycles. The minimum absolute atomic E-state index is 0.0292. The molecular formula is C20H32N4O2. The van der Waals surface area contributed by atoms with Crippen molar-refractivity contribution in [1.29, 1.82) is 0 Å². The van der Waals surface area contributed by atoms with Crippen molar-refractivity contribution in [3.63, 3.8) is 0 Å². The predicted molar refractivity (Wildman–Crippen MR) is 105 cm³/mol. The lowest BCUT2D eigenvalue weighted by atomic mass is 9.95. The van der Waals surface area contributed by atoms with Crippen LogP contribution in [0.2, 0.25) is 0 Å². The summed E-state index contributed by atoms with van der Waals surface area (Å²) in [6.07, 6.45) is 5.87. The Morgan fingerprint density at radius 1 is 1.19 bits per heavy atom. The Hall–Kier alpha value is -2.08. The zero-order valence-corrected chi connectivity index (χ0v) is 15.7. The van der Waals surface area contributed by atoms with Crippen molar-refractivity contribution >= 4 is 11.9 Å². The SMILES string of the molecule is CCNC(=NCC(=O)NC1CCCCC1)NCCC(O)c1ccccc1. The molecule has 0 heterocycles. The number of amides is 1. The maximum absolute atomic E-state index is 12.1. The first-order chi connectivity index (χ1) is 12.7. The first-order valence-electron chi connectivity index (χ1n) is 9.73. The van der Waals surface area contributed by atoms with Crippen LogP contribution in [0.3, 0.4) is 0 Å². The molecule has 0 radical (unpaired) electrons. The van der Waals surface area contributed by atoms with Gasteiger partial charge in [-0.1, -0.05) is 49.6 Å². The van der Waals surface area contributed by atoms with Crippen molar-refractivity contribution in [1.82, 2.24) is 16.0 Å². The molecule has 1 atom stereocenters. The fraction of sp³-hybridized carbons (Fsp3) is 0.600. The zero-order valence-electron chi connectivity index (χ0n) is 15.7. The molecule has 6 heteroatoms. The Labute approximate surface area is 156 Å². The van der Waals surface area contributed by atoms with Crippen LogP contribution in [-0.4, -0.2) is 42.6 Å². The number of aliphatic imine (C=N–C) groups is 1. The number of nitrogens with one attached hydrogen (secondary N) is 3. The summed E-state index contributed by atoms with van der Waals surface area (Å²) in [4.78, 5) is 16.4. The van der Waals surface area contributed by atoms with Crippen LogP contribution in [-0.2, 0) is 4.79 Å². The molecule has 0 spiro atoms. The lowest BCUT2D eigenvalue weighted by molar-refractivity contribution is -0.120. The van der Waals surface area contributed by atoms with Gasteiger partial charge in [0.05, 0.1) is 6.10 Å². The standard InChI is InChI=1S/C20H32N4O2/c1-2-21-20(22-14-13-18(25)16-9-5-3-6-10-16)23-15-19(26)24-17-11-7-4-8-12-17/h3,5-6,9-10,17-18,25H,2,4,7-8,11-15H2,1H3,(H,24,26)(H2,21,22,23). The van der Waals surface area contributed by atoms with Gasteiger partial charge in [-0.05, 0) is 31.7 Å². The Bertz CT molecular complexity index is 556. The third kappa shape index (κ3) is 7.44. The molecule has 0 aromatic heterocycles. The number of guanidine groups is 1. The van der Waals surface area contributed by atoms with Crippen LogP contribution >= 0.6 is 0 Å². The average Bonchev–Trinajstić information content (AvgIpc) is 2.67. The maximum Gasteiger partial charge on any atom is 0.242 e. The van der Waals surface area contributed by atoms with E-state index in [-0.39, 0.29) is 12.5 Å². The van der Waals surface area contributed by atoms with Gasteiger partial charge < -0.3 is 21.1 Å². The van der Waals surface area contributed by atoms with Gasteiger partial charge in [-0.25, -0.2) is 4.99 Å². The molecule has 0 bridgehead atoms. The number of benzene rings is 1. The number of aliphatic hydroxyl groups excluding tert-OH is 1. The van der Waals surface area contributed by atoms with Crippen LogP contribution in [0.4, 0.5) is 0 Å². The number of rotatable bonds is 8. The minimum Gasteiger partial charge on any atom is -0.388 e. The van der Waals surface area contributed by atoms with E-state index in [1.165, 1.54) is 19.3 Å². The molecule has 1 aliphatic rings. The maximum atomic E-state index is 12.1. The molecule has 0 saturated heterocycles. The molecule has 1 aliphatic carbocycles. The van der Waals surface area contributed by atoms with Gasteiger partial charge in [0, 0.05) is 19.1 Å². The van der Waals surface area contributed by atoms with Crippen LogP contribution in [0.5, 0.6) is 0 Å². The van der Waals surface area contributed by atoms with E-state index < -0.39 is 6.10 Å². The van der Waals surface area contributed by atoms with Crippen LogP contribution in [0, 0.1) is 0 Å². The summed E-state index contributed by atoms with van der Waals surface area (Å²) in [5.41, 5.74) is 0.906. The van der Waals surface area contributed by atoms with Crippen molar-refractivity contribution < 1.29 is 9.90 Å². The second kappa shape index (κ2) is 11.5. The fourth-order valence-electron chi connectivity index (χ4n) is 3.18. The summed E-state index contributed by atoms with van der Waals surface area (Å²) < 4.78 is 0. The summed E-state index contributed by atoms with van der Waals surface area (Å²) in [5, 5.41) is 19.6. The van der Waals surface area contributed by atoms with E-state index in [4.69, 9.17) is 0 Å². The van der Waals surface area contributed by atoms with Crippen molar-refractivity contribution in [2.24, 2.45) is 4.99 Å². The first kappa shape index (κ1) is 20.2. The van der Waals surface area contributed by atoms with Gasteiger partial charge in [0.2, 0.25) is 5.91 Å². The monoisotopic (exact) mass is 360 g/mol. The van der Waals surface area contributed by atoms with Crippen molar-refractivity contribution in [2.75, 3.05) is 19.6 Å². The van der Waals surface area contributed by atoms with Gasteiger partial charge in [0.15, 0.2) is 5.96 Å². The fourth-order valence-corrected chi connectivity index (χ4v) is 3.18. The molecule has 1 fully saturated rings. The number of carbonyl (C=O) groups excluding carboxylic acids is 1. The summed E-state index contributed by atoms with van der Waals surface area (Å²) in [6, 6.07) is 9.91. The molecular weight excluding hydrogens is 328 g/mol. The zero-order chi connectivity index (χ0) is 18.6. The molecule has 1 aromatic rings. The Morgan fingerprint density at radius 2 is 1.92 bits per heavy atom. The Kier molecular flexibility index (Phi) is 8.96. The largest absolute Gasteiger partial charge is 0.388 e. The molecule has 26 heavy (non-hydrogen) atoms. The highest BCUT2D eigenvalue weighted by atomic mass is 16.3. The van der Waals surface area contributed by atoms with Gasteiger partial charge in [-0.15, -0.1) is 0 Å². The second-order valence-electron chi connectivity index (χ2n) is 6.74. The number of hydrogen-bond acceptors (Lipinski definition) is 3. The molecule has 1 amide bonds. The van der Waals surface area contributed by atoms with E-state index >= 15 is 0 Å². The molecule has 6 nitrogen and oxygen atoms in total. The van der Waals surface area contributed by atoms with Gasteiger partial charge in [0.1, 0.15) is 6.54 Å². The summed E-state index contributed by atoms with van der Waals surface area (Å²) in [7, 11) is 0. The lowest BCUT2D eigenvalue weighted by Crippen LogP contribution is -2.41. The van der Waals surface area contributed by atoms with Crippen molar-refractivity contribution in [2.45, 2.75) is 57.6 Å². The molecule has 1 saturated carbocycles. The van der Waals surface area contributed by atoms with Gasteiger partial charge in [0.25, 0.3) is 0 Å². The van der Waals surface area contributed by atoms with Crippen molar-refractivity contribution in [3.05, 3.63) is 35.9 Å². The third-order valence-corrected chi connectivity index (χ3v) is 4.59. The predicted octanol–water partition coefficient (Wildman–Crippen LogP) is 2.11. The Morgan fingerprint density at radius 3 is 2.62 bits per heavy atom. The van der Waals surface area contributed by atoms with E-state index in [1.54, 1.807) is 0 Å². The minimum atomic E-state index is -0.513. The normalized spacial score (nSPS) is 16.8. The summed E-state index contributed by atoms with van der Waals surface area (Å²) in [6.45, 7) is 3.40. The molecule has 144 valence electrons. The summed E-state index contributed by atoms with van der Waals surface area (Å²) in [5.74, 6) is 0.574. The topological polar surface area (TPSA) is 85.8 Å². The lowest BCUT2D eigenvalue weighted by Gasteiger charge is -2.22.